The normalized spacial score (nSPS) is 10.2. The predicted octanol–water partition coefficient (Wildman–Crippen LogP) is 3.25. The van der Waals surface area contributed by atoms with Gasteiger partial charge in [-0.15, -0.1) is 5.10 Å². The van der Waals surface area contributed by atoms with Crippen molar-refractivity contribution >= 4 is 17.5 Å². The second-order valence-electron chi connectivity index (χ2n) is 5.56. The van der Waals surface area contributed by atoms with E-state index < -0.39 is 0 Å². The minimum absolute atomic E-state index is 0.348. The Morgan fingerprint density at radius 3 is 2.33 bits per heavy atom. The maximum absolute atomic E-state index is 5.35. The molecule has 140 valence electrons. The van der Waals surface area contributed by atoms with Gasteiger partial charge in [0.2, 0.25) is 5.95 Å². The molecule has 0 aliphatic heterocycles. The van der Waals surface area contributed by atoms with Crippen LogP contribution in [0.5, 0.6) is 17.2 Å². The SMILES string of the molecule is COc1ccc(CNc2cnnc(Nc3cc(OC)ccc3OC)n2)cc1. The van der Waals surface area contributed by atoms with Crippen LogP contribution in [0.2, 0.25) is 0 Å². The highest BCUT2D eigenvalue weighted by Gasteiger charge is 2.08. The van der Waals surface area contributed by atoms with Gasteiger partial charge in [-0.1, -0.05) is 12.1 Å². The summed E-state index contributed by atoms with van der Waals surface area (Å²) in [6.07, 6.45) is 1.57. The molecule has 0 fully saturated rings. The van der Waals surface area contributed by atoms with Gasteiger partial charge in [-0.2, -0.15) is 10.1 Å². The number of anilines is 3. The van der Waals surface area contributed by atoms with Crippen molar-refractivity contribution in [3.05, 3.63) is 54.2 Å². The summed E-state index contributed by atoms with van der Waals surface area (Å²) >= 11 is 0. The van der Waals surface area contributed by atoms with Gasteiger partial charge in [0.25, 0.3) is 0 Å². The lowest BCUT2D eigenvalue weighted by Crippen LogP contribution is -2.06. The number of hydrogen-bond acceptors (Lipinski definition) is 8. The topological polar surface area (TPSA) is 90.4 Å². The van der Waals surface area contributed by atoms with Crippen molar-refractivity contribution in [3.8, 4) is 17.2 Å². The summed E-state index contributed by atoms with van der Waals surface area (Å²) in [6, 6.07) is 13.2. The Morgan fingerprint density at radius 2 is 1.63 bits per heavy atom. The Kier molecular flexibility index (Phi) is 5.88. The Balaban J connectivity index is 1.70. The van der Waals surface area contributed by atoms with Crippen molar-refractivity contribution in [3.63, 3.8) is 0 Å². The first-order chi connectivity index (χ1) is 13.2. The van der Waals surface area contributed by atoms with Crippen LogP contribution in [0.1, 0.15) is 5.56 Å². The van der Waals surface area contributed by atoms with Crippen LogP contribution in [0.4, 0.5) is 17.5 Å². The third-order valence-electron chi connectivity index (χ3n) is 3.84. The molecule has 27 heavy (non-hydrogen) atoms. The Morgan fingerprint density at radius 1 is 0.889 bits per heavy atom. The zero-order valence-corrected chi connectivity index (χ0v) is 15.4. The summed E-state index contributed by atoms with van der Waals surface area (Å²) in [5.41, 5.74) is 1.78. The van der Waals surface area contributed by atoms with Gasteiger partial charge in [-0.05, 0) is 29.8 Å². The number of ether oxygens (including phenoxy) is 3. The minimum atomic E-state index is 0.348. The van der Waals surface area contributed by atoms with E-state index in [2.05, 4.69) is 25.8 Å². The highest BCUT2D eigenvalue weighted by atomic mass is 16.5. The first kappa shape index (κ1) is 18.2. The van der Waals surface area contributed by atoms with E-state index in [1.165, 1.54) is 0 Å². The smallest absolute Gasteiger partial charge is 0.249 e. The molecule has 2 N–H and O–H groups in total. The maximum atomic E-state index is 5.35. The Hall–Kier alpha value is -3.55. The quantitative estimate of drug-likeness (QED) is 0.627. The first-order valence-corrected chi connectivity index (χ1v) is 8.27. The fourth-order valence-corrected chi connectivity index (χ4v) is 2.41. The van der Waals surface area contributed by atoms with Crippen molar-refractivity contribution in [2.75, 3.05) is 32.0 Å². The van der Waals surface area contributed by atoms with Crippen molar-refractivity contribution in [1.82, 2.24) is 15.2 Å². The number of aromatic nitrogens is 3. The molecule has 3 aromatic rings. The molecule has 0 bridgehead atoms. The van der Waals surface area contributed by atoms with Gasteiger partial charge >= 0.3 is 0 Å². The molecule has 0 atom stereocenters. The molecule has 1 aromatic heterocycles. The minimum Gasteiger partial charge on any atom is -0.497 e. The van der Waals surface area contributed by atoms with E-state index >= 15 is 0 Å². The maximum Gasteiger partial charge on any atom is 0.249 e. The molecule has 0 aliphatic rings. The Labute approximate surface area is 157 Å². The molecule has 0 saturated heterocycles. The molecule has 0 aliphatic carbocycles. The van der Waals surface area contributed by atoms with E-state index in [1.54, 1.807) is 39.7 Å². The lowest BCUT2D eigenvalue weighted by atomic mass is 10.2. The van der Waals surface area contributed by atoms with Gasteiger partial charge in [-0.3, -0.25) is 0 Å². The molecule has 8 nitrogen and oxygen atoms in total. The fraction of sp³-hybridized carbons (Fsp3) is 0.211. The second-order valence-corrected chi connectivity index (χ2v) is 5.56. The lowest BCUT2D eigenvalue weighted by molar-refractivity contribution is 0.405. The monoisotopic (exact) mass is 367 g/mol. The highest BCUT2D eigenvalue weighted by Crippen LogP contribution is 2.30. The number of methoxy groups -OCH3 is 3. The van der Waals surface area contributed by atoms with Crippen molar-refractivity contribution in [2.45, 2.75) is 6.54 Å². The van der Waals surface area contributed by atoms with E-state index in [0.29, 0.717) is 35.5 Å². The molecular weight excluding hydrogens is 346 g/mol. The standard InChI is InChI=1S/C19H21N5O3/c1-25-14-6-4-13(5-7-14)11-20-18-12-21-24-19(23-18)22-16-10-15(26-2)8-9-17(16)27-3/h4-10,12H,11H2,1-3H3,(H2,20,22,23,24). The molecule has 3 rings (SSSR count). The molecule has 0 spiro atoms. The number of rotatable bonds is 8. The largest absolute Gasteiger partial charge is 0.497 e. The van der Waals surface area contributed by atoms with E-state index in [1.807, 2.05) is 30.3 Å². The van der Waals surface area contributed by atoms with Gasteiger partial charge in [-0.25, -0.2) is 0 Å². The lowest BCUT2D eigenvalue weighted by Gasteiger charge is -2.12. The number of hydrogen-bond donors (Lipinski definition) is 2. The van der Waals surface area contributed by atoms with Crippen molar-refractivity contribution in [1.29, 1.82) is 0 Å². The van der Waals surface area contributed by atoms with Gasteiger partial charge in [0, 0.05) is 12.6 Å². The van der Waals surface area contributed by atoms with Gasteiger partial charge in [0.05, 0.1) is 33.2 Å². The summed E-state index contributed by atoms with van der Waals surface area (Å²) in [5.74, 6) is 3.11. The van der Waals surface area contributed by atoms with E-state index in [9.17, 15) is 0 Å². The average Bonchev–Trinajstić information content (AvgIpc) is 2.73. The molecule has 0 amide bonds. The van der Waals surface area contributed by atoms with Crippen molar-refractivity contribution < 1.29 is 14.2 Å². The van der Waals surface area contributed by atoms with Crippen LogP contribution in [0, 0.1) is 0 Å². The third-order valence-corrected chi connectivity index (χ3v) is 3.84. The molecule has 8 heteroatoms. The van der Waals surface area contributed by atoms with E-state index in [-0.39, 0.29) is 0 Å². The van der Waals surface area contributed by atoms with Crippen LogP contribution in [0.25, 0.3) is 0 Å². The van der Waals surface area contributed by atoms with Crippen LogP contribution in [0.15, 0.2) is 48.7 Å². The van der Waals surface area contributed by atoms with E-state index in [4.69, 9.17) is 14.2 Å². The van der Waals surface area contributed by atoms with Gasteiger partial charge in [0.15, 0.2) is 5.82 Å². The summed E-state index contributed by atoms with van der Waals surface area (Å²) in [5, 5.41) is 14.3. The molecule has 2 aromatic carbocycles. The van der Waals surface area contributed by atoms with Crippen LogP contribution >= 0.6 is 0 Å². The predicted molar refractivity (Wildman–Crippen MR) is 103 cm³/mol. The highest BCUT2D eigenvalue weighted by molar-refractivity contribution is 5.65. The first-order valence-electron chi connectivity index (χ1n) is 8.27. The van der Waals surface area contributed by atoms with Gasteiger partial charge in [0.1, 0.15) is 17.2 Å². The fourth-order valence-electron chi connectivity index (χ4n) is 2.41. The Bertz CT molecular complexity index is 887. The zero-order valence-electron chi connectivity index (χ0n) is 15.4. The van der Waals surface area contributed by atoms with Crippen LogP contribution in [-0.2, 0) is 6.54 Å². The zero-order chi connectivity index (χ0) is 19.1. The molecule has 0 radical (unpaired) electrons. The molecule has 1 heterocycles. The van der Waals surface area contributed by atoms with Crippen LogP contribution in [-0.4, -0.2) is 36.5 Å². The summed E-state index contributed by atoms with van der Waals surface area (Å²) < 4.78 is 15.8. The van der Waals surface area contributed by atoms with Crippen LogP contribution in [0.3, 0.4) is 0 Å². The number of nitrogens with one attached hydrogen (secondary N) is 2. The summed E-state index contributed by atoms with van der Waals surface area (Å²) in [7, 11) is 4.85. The molecule has 0 unspecified atom stereocenters. The summed E-state index contributed by atoms with van der Waals surface area (Å²) in [4.78, 5) is 4.43. The average molecular weight is 367 g/mol. The van der Waals surface area contributed by atoms with Crippen molar-refractivity contribution in [2.24, 2.45) is 0 Å². The molecule has 0 saturated carbocycles. The second kappa shape index (κ2) is 8.70. The third kappa shape index (κ3) is 4.75. The number of nitrogens with zero attached hydrogens (tertiary/aromatic N) is 3. The van der Waals surface area contributed by atoms with E-state index in [0.717, 1.165) is 11.3 Å². The van der Waals surface area contributed by atoms with Gasteiger partial charge < -0.3 is 24.8 Å². The molecular formula is C19H21N5O3. The number of benzene rings is 2. The van der Waals surface area contributed by atoms with Crippen LogP contribution < -0.4 is 24.8 Å². The summed E-state index contributed by atoms with van der Waals surface area (Å²) in [6.45, 7) is 0.602.